The van der Waals surface area contributed by atoms with Crippen LogP contribution >= 0.6 is 0 Å². The molecule has 0 bridgehead atoms. The summed E-state index contributed by atoms with van der Waals surface area (Å²) in [6.45, 7) is 6.89. The van der Waals surface area contributed by atoms with Crippen molar-refractivity contribution in [2.45, 2.75) is 27.3 Å². The Morgan fingerprint density at radius 3 is 2.57 bits per heavy atom. The highest BCUT2D eigenvalue weighted by molar-refractivity contribution is 5.98. The largest absolute Gasteiger partial charge is 0.496 e. The predicted octanol–water partition coefficient (Wildman–Crippen LogP) is 3.83. The summed E-state index contributed by atoms with van der Waals surface area (Å²) in [7, 11) is 1.68. The molecule has 110 valence electrons. The van der Waals surface area contributed by atoms with Gasteiger partial charge in [-0.3, -0.25) is 0 Å². The minimum absolute atomic E-state index is 0.645. The molecular formula is C18H22N2O. The molecule has 0 aliphatic carbocycles. The SMILES string of the molecule is COc1ccccc1CN/N=C(\C)c1ccc(C)c(C)c1. The number of para-hydroxylation sites is 1. The van der Waals surface area contributed by atoms with E-state index in [9.17, 15) is 0 Å². The molecule has 2 rings (SSSR count). The number of methoxy groups -OCH3 is 1. The van der Waals surface area contributed by atoms with Crippen molar-refractivity contribution in [3.8, 4) is 5.75 Å². The molecule has 3 heteroatoms. The van der Waals surface area contributed by atoms with Crippen molar-refractivity contribution in [3.63, 3.8) is 0 Å². The van der Waals surface area contributed by atoms with Gasteiger partial charge in [-0.1, -0.05) is 30.3 Å². The van der Waals surface area contributed by atoms with Gasteiger partial charge in [-0.2, -0.15) is 5.10 Å². The van der Waals surface area contributed by atoms with Crippen molar-refractivity contribution in [3.05, 3.63) is 64.7 Å². The molecule has 0 aromatic heterocycles. The molecule has 3 nitrogen and oxygen atoms in total. The van der Waals surface area contributed by atoms with E-state index >= 15 is 0 Å². The molecule has 1 N–H and O–H groups in total. The Hall–Kier alpha value is -2.29. The van der Waals surface area contributed by atoms with E-state index in [0.29, 0.717) is 6.54 Å². The number of hydrogen-bond acceptors (Lipinski definition) is 3. The van der Waals surface area contributed by atoms with Gasteiger partial charge in [0, 0.05) is 5.56 Å². The van der Waals surface area contributed by atoms with Crippen LogP contribution in [0.1, 0.15) is 29.2 Å². The number of nitrogens with one attached hydrogen (secondary N) is 1. The molecule has 0 fully saturated rings. The number of hydrogen-bond donors (Lipinski definition) is 1. The standard InChI is InChI=1S/C18H22N2O/c1-13-9-10-16(11-14(13)2)15(3)20-19-12-17-7-5-6-8-18(17)21-4/h5-11,19H,12H2,1-4H3/b20-15+. The third kappa shape index (κ3) is 3.85. The van der Waals surface area contributed by atoms with E-state index in [4.69, 9.17) is 4.74 Å². The Kier molecular flexibility index (Phi) is 4.99. The summed E-state index contributed by atoms with van der Waals surface area (Å²) < 4.78 is 5.33. The summed E-state index contributed by atoms with van der Waals surface area (Å²) >= 11 is 0. The summed E-state index contributed by atoms with van der Waals surface area (Å²) in [5.41, 5.74) is 8.92. The van der Waals surface area contributed by atoms with E-state index in [2.05, 4.69) is 42.6 Å². The fraction of sp³-hybridized carbons (Fsp3) is 0.278. The van der Waals surface area contributed by atoms with Crippen LogP contribution in [-0.4, -0.2) is 12.8 Å². The fourth-order valence-corrected chi connectivity index (χ4v) is 2.12. The Labute approximate surface area is 126 Å². The van der Waals surface area contributed by atoms with Crippen molar-refractivity contribution in [2.24, 2.45) is 5.10 Å². The quantitative estimate of drug-likeness (QED) is 0.668. The van der Waals surface area contributed by atoms with Crippen molar-refractivity contribution in [2.75, 3.05) is 7.11 Å². The highest BCUT2D eigenvalue weighted by Gasteiger charge is 2.02. The van der Waals surface area contributed by atoms with Gasteiger partial charge in [-0.15, -0.1) is 0 Å². The molecule has 0 heterocycles. The average molecular weight is 282 g/mol. The van der Waals surface area contributed by atoms with E-state index in [0.717, 1.165) is 22.6 Å². The van der Waals surface area contributed by atoms with E-state index in [1.165, 1.54) is 11.1 Å². The first-order chi connectivity index (χ1) is 10.1. The molecular weight excluding hydrogens is 260 g/mol. The van der Waals surface area contributed by atoms with Gasteiger partial charge in [-0.25, -0.2) is 0 Å². The Balaban J connectivity index is 2.05. The third-order valence-corrected chi connectivity index (χ3v) is 3.63. The van der Waals surface area contributed by atoms with Crippen molar-refractivity contribution < 1.29 is 4.74 Å². The maximum atomic E-state index is 5.33. The van der Waals surface area contributed by atoms with Gasteiger partial charge in [-0.05, 0) is 49.6 Å². The van der Waals surface area contributed by atoms with Crippen LogP contribution in [0.2, 0.25) is 0 Å². The van der Waals surface area contributed by atoms with Crippen LogP contribution in [0.25, 0.3) is 0 Å². The molecule has 21 heavy (non-hydrogen) atoms. The van der Waals surface area contributed by atoms with Crippen LogP contribution in [0.4, 0.5) is 0 Å². The van der Waals surface area contributed by atoms with Crippen molar-refractivity contribution in [1.82, 2.24) is 5.43 Å². The zero-order valence-electron chi connectivity index (χ0n) is 13.1. The first kappa shape index (κ1) is 15.1. The molecule has 0 radical (unpaired) electrons. The highest BCUT2D eigenvalue weighted by Crippen LogP contribution is 2.16. The van der Waals surface area contributed by atoms with Gasteiger partial charge in [0.2, 0.25) is 0 Å². The van der Waals surface area contributed by atoms with Crippen molar-refractivity contribution in [1.29, 1.82) is 0 Å². The Morgan fingerprint density at radius 2 is 1.86 bits per heavy atom. The van der Waals surface area contributed by atoms with Crippen LogP contribution in [0.5, 0.6) is 5.75 Å². The van der Waals surface area contributed by atoms with E-state index in [1.807, 2.05) is 31.2 Å². The molecule has 0 spiro atoms. The summed E-state index contributed by atoms with van der Waals surface area (Å²) in [5, 5.41) is 4.45. The topological polar surface area (TPSA) is 33.6 Å². The average Bonchev–Trinajstić information content (AvgIpc) is 2.50. The second-order valence-electron chi connectivity index (χ2n) is 5.14. The molecule has 0 atom stereocenters. The molecule has 0 saturated heterocycles. The second-order valence-corrected chi connectivity index (χ2v) is 5.14. The van der Waals surface area contributed by atoms with Crippen LogP contribution in [0.15, 0.2) is 47.6 Å². The Bertz CT molecular complexity index is 647. The van der Waals surface area contributed by atoms with Crippen LogP contribution < -0.4 is 10.2 Å². The van der Waals surface area contributed by atoms with Gasteiger partial charge in [0.1, 0.15) is 5.75 Å². The van der Waals surface area contributed by atoms with Gasteiger partial charge < -0.3 is 10.2 Å². The maximum Gasteiger partial charge on any atom is 0.123 e. The lowest BCUT2D eigenvalue weighted by atomic mass is 10.0. The van der Waals surface area contributed by atoms with Crippen molar-refractivity contribution >= 4 is 5.71 Å². The number of ether oxygens (including phenoxy) is 1. The third-order valence-electron chi connectivity index (χ3n) is 3.63. The molecule has 2 aromatic rings. The molecule has 0 aliphatic heterocycles. The van der Waals surface area contributed by atoms with Crippen LogP contribution in [0.3, 0.4) is 0 Å². The van der Waals surface area contributed by atoms with Gasteiger partial charge in [0.05, 0.1) is 19.4 Å². The number of nitrogens with zero attached hydrogens (tertiary/aromatic N) is 1. The van der Waals surface area contributed by atoms with Crippen LogP contribution in [-0.2, 0) is 6.54 Å². The highest BCUT2D eigenvalue weighted by atomic mass is 16.5. The lowest BCUT2D eigenvalue weighted by Gasteiger charge is -2.09. The number of benzene rings is 2. The lowest BCUT2D eigenvalue weighted by Crippen LogP contribution is -2.10. The molecule has 2 aromatic carbocycles. The van der Waals surface area contributed by atoms with Gasteiger partial charge in [0.15, 0.2) is 0 Å². The summed E-state index contributed by atoms with van der Waals surface area (Å²) in [4.78, 5) is 0. The van der Waals surface area contributed by atoms with Gasteiger partial charge >= 0.3 is 0 Å². The maximum absolute atomic E-state index is 5.33. The monoisotopic (exact) mass is 282 g/mol. The minimum atomic E-state index is 0.645. The fourth-order valence-electron chi connectivity index (χ4n) is 2.12. The predicted molar refractivity (Wildman–Crippen MR) is 88.0 cm³/mol. The number of hydrazone groups is 1. The first-order valence-corrected chi connectivity index (χ1v) is 7.08. The van der Waals surface area contributed by atoms with E-state index in [-0.39, 0.29) is 0 Å². The van der Waals surface area contributed by atoms with Gasteiger partial charge in [0.25, 0.3) is 0 Å². The zero-order valence-corrected chi connectivity index (χ0v) is 13.1. The molecule has 0 aliphatic rings. The lowest BCUT2D eigenvalue weighted by molar-refractivity contribution is 0.408. The number of rotatable bonds is 5. The first-order valence-electron chi connectivity index (χ1n) is 7.08. The summed E-state index contributed by atoms with van der Waals surface area (Å²) in [5.74, 6) is 0.879. The summed E-state index contributed by atoms with van der Waals surface area (Å²) in [6.07, 6.45) is 0. The van der Waals surface area contributed by atoms with E-state index < -0.39 is 0 Å². The summed E-state index contributed by atoms with van der Waals surface area (Å²) in [6, 6.07) is 14.4. The van der Waals surface area contributed by atoms with Crippen LogP contribution in [0, 0.1) is 13.8 Å². The van der Waals surface area contributed by atoms with E-state index in [1.54, 1.807) is 7.11 Å². The second kappa shape index (κ2) is 6.93. The molecule has 0 saturated carbocycles. The minimum Gasteiger partial charge on any atom is -0.496 e. The molecule has 0 amide bonds. The molecule has 0 unspecified atom stereocenters. The Morgan fingerprint density at radius 1 is 1.10 bits per heavy atom. The smallest absolute Gasteiger partial charge is 0.123 e. The zero-order chi connectivity index (χ0) is 15.2. The normalized spacial score (nSPS) is 11.3. The number of aryl methyl sites for hydroxylation is 2.